The first kappa shape index (κ1) is 13.8. The Morgan fingerprint density at radius 2 is 2.19 bits per heavy atom. The van der Waals surface area contributed by atoms with E-state index in [1.165, 1.54) is 0 Å². The van der Waals surface area contributed by atoms with Crippen molar-refractivity contribution >= 4 is 21.7 Å². The van der Waals surface area contributed by atoms with Crippen LogP contribution >= 0.6 is 15.9 Å². The Labute approximate surface area is 131 Å². The summed E-state index contributed by atoms with van der Waals surface area (Å²) in [6.45, 7) is 1.67. The van der Waals surface area contributed by atoms with E-state index in [1.54, 1.807) is 10.9 Å². The van der Waals surface area contributed by atoms with Crippen LogP contribution in [-0.2, 0) is 6.54 Å². The van der Waals surface area contributed by atoms with Gasteiger partial charge in [0.2, 0.25) is 0 Å². The van der Waals surface area contributed by atoms with Crippen LogP contribution in [0.4, 0.5) is 5.82 Å². The van der Waals surface area contributed by atoms with Crippen molar-refractivity contribution in [3.8, 4) is 35.1 Å². The Kier molecular flexibility index (Phi) is 3.76. The maximum atomic E-state index is 6.10. The third kappa shape index (κ3) is 2.57. The molecular formula is C15H14BrN3O2. The monoisotopic (exact) mass is 347 g/mol. The van der Waals surface area contributed by atoms with Gasteiger partial charge < -0.3 is 19.8 Å². The van der Waals surface area contributed by atoms with Gasteiger partial charge >= 0.3 is 0 Å². The second kappa shape index (κ2) is 5.70. The van der Waals surface area contributed by atoms with Crippen molar-refractivity contribution in [3.63, 3.8) is 0 Å². The zero-order valence-corrected chi connectivity index (χ0v) is 12.9. The Balaban J connectivity index is 2.06. The van der Waals surface area contributed by atoms with Crippen molar-refractivity contribution in [2.45, 2.75) is 13.0 Å². The first-order valence-electron chi connectivity index (χ1n) is 6.54. The van der Waals surface area contributed by atoms with Gasteiger partial charge in [0.15, 0.2) is 11.5 Å². The zero-order valence-electron chi connectivity index (χ0n) is 11.3. The summed E-state index contributed by atoms with van der Waals surface area (Å²) in [5.74, 6) is 4.50. The molecular weight excluding hydrogens is 334 g/mol. The van der Waals surface area contributed by atoms with Crippen molar-refractivity contribution < 1.29 is 9.47 Å². The SMILES string of the molecule is C#CCn1cnc(-c2cc(Br)c3c(c2)OCCCO3)c1N. The summed E-state index contributed by atoms with van der Waals surface area (Å²) in [5.41, 5.74) is 7.64. The molecule has 6 heteroatoms. The molecule has 1 aliphatic heterocycles. The molecule has 0 amide bonds. The fourth-order valence-electron chi connectivity index (χ4n) is 2.21. The van der Waals surface area contributed by atoms with Crippen molar-refractivity contribution in [1.29, 1.82) is 0 Å². The summed E-state index contributed by atoms with van der Waals surface area (Å²) in [5, 5.41) is 0. The first-order valence-corrected chi connectivity index (χ1v) is 7.33. The van der Waals surface area contributed by atoms with Gasteiger partial charge in [-0.1, -0.05) is 5.92 Å². The second-order valence-electron chi connectivity index (χ2n) is 4.65. The number of terminal acetylenes is 1. The summed E-state index contributed by atoms with van der Waals surface area (Å²) >= 11 is 3.51. The third-order valence-corrected chi connectivity index (χ3v) is 3.80. The number of hydrogen-bond donors (Lipinski definition) is 1. The lowest BCUT2D eigenvalue weighted by molar-refractivity contribution is 0.296. The molecule has 2 aromatic rings. The molecule has 1 aromatic heterocycles. The van der Waals surface area contributed by atoms with E-state index >= 15 is 0 Å². The summed E-state index contributed by atoms with van der Waals surface area (Å²) in [7, 11) is 0. The van der Waals surface area contributed by atoms with Crippen LogP contribution in [0, 0.1) is 12.3 Å². The standard InChI is InChI=1S/C15H14BrN3O2/c1-2-4-19-9-18-13(15(19)17)10-7-11(16)14-12(8-10)20-5-3-6-21-14/h1,7-9H,3-6,17H2. The number of ether oxygens (including phenoxy) is 2. The van der Waals surface area contributed by atoms with Gasteiger partial charge in [-0.3, -0.25) is 0 Å². The average molecular weight is 348 g/mol. The van der Waals surface area contributed by atoms with E-state index in [2.05, 4.69) is 26.8 Å². The highest BCUT2D eigenvalue weighted by Gasteiger charge is 2.18. The lowest BCUT2D eigenvalue weighted by Gasteiger charge is -2.11. The van der Waals surface area contributed by atoms with Crippen LogP contribution in [0.25, 0.3) is 11.3 Å². The molecule has 1 aliphatic rings. The molecule has 0 spiro atoms. The summed E-state index contributed by atoms with van der Waals surface area (Å²) < 4.78 is 14.0. The van der Waals surface area contributed by atoms with E-state index in [0.29, 0.717) is 37.0 Å². The van der Waals surface area contributed by atoms with Gasteiger partial charge in [-0.2, -0.15) is 0 Å². The van der Waals surface area contributed by atoms with Crippen molar-refractivity contribution in [1.82, 2.24) is 9.55 Å². The largest absolute Gasteiger partial charge is 0.489 e. The van der Waals surface area contributed by atoms with Gasteiger partial charge in [-0.05, 0) is 28.1 Å². The van der Waals surface area contributed by atoms with Crippen LogP contribution in [0.3, 0.4) is 0 Å². The highest BCUT2D eigenvalue weighted by Crippen LogP contribution is 2.41. The molecule has 3 rings (SSSR count). The van der Waals surface area contributed by atoms with E-state index in [4.69, 9.17) is 21.6 Å². The molecule has 2 heterocycles. The Morgan fingerprint density at radius 1 is 1.38 bits per heavy atom. The van der Waals surface area contributed by atoms with Crippen LogP contribution in [0.1, 0.15) is 6.42 Å². The molecule has 108 valence electrons. The lowest BCUT2D eigenvalue weighted by atomic mass is 10.1. The number of anilines is 1. The molecule has 0 unspecified atom stereocenters. The van der Waals surface area contributed by atoms with Crippen LogP contribution < -0.4 is 15.2 Å². The van der Waals surface area contributed by atoms with Gasteiger partial charge in [0, 0.05) is 12.0 Å². The van der Waals surface area contributed by atoms with Crippen molar-refractivity contribution in [2.75, 3.05) is 18.9 Å². The molecule has 0 fully saturated rings. The molecule has 5 nitrogen and oxygen atoms in total. The van der Waals surface area contributed by atoms with E-state index < -0.39 is 0 Å². The predicted octanol–water partition coefficient (Wildman–Crippen LogP) is 2.69. The summed E-state index contributed by atoms with van der Waals surface area (Å²) in [6, 6.07) is 3.82. The van der Waals surface area contributed by atoms with Crippen molar-refractivity contribution in [2.24, 2.45) is 0 Å². The Hall–Kier alpha value is -2.13. The Morgan fingerprint density at radius 3 is 3.00 bits per heavy atom. The minimum Gasteiger partial charge on any atom is -0.489 e. The molecule has 0 bridgehead atoms. The Bertz CT molecular complexity index is 718. The average Bonchev–Trinajstić information content (AvgIpc) is 2.69. The quantitative estimate of drug-likeness (QED) is 0.848. The first-order chi connectivity index (χ1) is 10.2. The predicted molar refractivity (Wildman–Crippen MR) is 84.2 cm³/mol. The van der Waals surface area contributed by atoms with Crippen molar-refractivity contribution in [3.05, 3.63) is 22.9 Å². The smallest absolute Gasteiger partial charge is 0.175 e. The molecule has 2 N–H and O–H groups in total. The molecule has 0 saturated heterocycles. The fourth-order valence-corrected chi connectivity index (χ4v) is 2.76. The van der Waals surface area contributed by atoms with E-state index in [9.17, 15) is 0 Å². The number of nitrogens with zero attached hydrogens (tertiary/aromatic N) is 2. The van der Waals surface area contributed by atoms with Gasteiger partial charge in [-0.15, -0.1) is 6.42 Å². The second-order valence-corrected chi connectivity index (χ2v) is 5.50. The molecule has 0 atom stereocenters. The maximum absolute atomic E-state index is 6.10. The number of rotatable bonds is 2. The minimum atomic E-state index is 0.393. The topological polar surface area (TPSA) is 62.3 Å². The summed E-state index contributed by atoms with van der Waals surface area (Å²) in [6.07, 6.45) is 7.81. The minimum absolute atomic E-state index is 0.393. The highest BCUT2D eigenvalue weighted by atomic mass is 79.9. The van der Waals surface area contributed by atoms with E-state index in [1.807, 2.05) is 12.1 Å². The summed E-state index contributed by atoms with van der Waals surface area (Å²) in [4.78, 5) is 4.34. The number of hydrogen-bond acceptors (Lipinski definition) is 4. The number of halogens is 1. The number of fused-ring (bicyclic) bond motifs is 1. The molecule has 0 radical (unpaired) electrons. The lowest BCUT2D eigenvalue weighted by Crippen LogP contribution is -2.00. The zero-order chi connectivity index (χ0) is 14.8. The van der Waals surface area contributed by atoms with E-state index in [-0.39, 0.29) is 0 Å². The van der Waals surface area contributed by atoms with Gasteiger partial charge in [0.1, 0.15) is 11.5 Å². The number of benzene rings is 1. The fraction of sp³-hybridized carbons (Fsp3) is 0.267. The van der Waals surface area contributed by atoms with Crippen LogP contribution in [-0.4, -0.2) is 22.8 Å². The molecule has 0 aliphatic carbocycles. The van der Waals surface area contributed by atoms with Gasteiger partial charge in [0.25, 0.3) is 0 Å². The molecule has 0 saturated carbocycles. The van der Waals surface area contributed by atoms with Crippen LogP contribution in [0.5, 0.6) is 11.5 Å². The number of imidazole rings is 1. The van der Waals surface area contributed by atoms with E-state index in [0.717, 1.165) is 22.2 Å². The van der Waals surface area contributed by atoms with Gasteiger partial charge in [0.05, 0.1) is 30.6 Å². The maximum Gasteiger partial charge on any atom is 0.175 e. The number of nitrogen functional groups attached to an aromatic ring is 1. The van der Waals surface area contributed by atoms with Crippen LogP contribution in [0.15, 0.2) is 22.9 Å². The molecule has 21 heavy (non-hydrogen) atoms. The normalized spacial score (nSPS) is 13.5. The third-order valence-electron chi connectivity index (χ3n) is 3.22. The number of aromatic nitrogens is 2. The van der Waals surface area contributed by atoms with Gasteiger partial charge in [-0.25, -0.2) is 4.98 Å². The molecule has 1 aromatic carbocycles. The number of nitrogens with two attached hydrogens (primary N) is 1. The highest BCUT2D eigenvalue weighted by molar-refractivity contribution is 9.10. The van der Waals surface area contributed by atoms with Crippen LogP contribution in [0.2, 0.25) is 0 Å².